The molecule has 0 fully saturated rings. The lowest BCUT2D eigenvalue weighted by Gasteiger charge is -2.18. The summed E-state index contributed by atoms with van der Waals surface area (Å²) in [6.45, 7) is 21.0. The number of nitrogens with two attached hydrogens (primary N) is 2. The largest absolute Gasteiger partial charge is 0.373 e. The van der Waals surface area contributed by atoms with Gasteiger partial charge in [0.25, 0.3) is 0 Å². The highest BCUT2D eigenvalue weighted by Gasteiger charge is 2.21. The predicted octanol–water partition coefficient (Wildman–Crippen LogP) is 4.48. The van der Waals surface area contributed by atoms with Crippen LogP contribution in [-0.4, -0.2) is 60.6 Å². The van der Waals surface area contributed by atoms with E-state index in [-0.39, 0.29) is 0 Å². The van der Waals surface area contributed by atoms with E-state index in [4.69, 9.17) is 48.0 Å². The van der Waals surface area contributed by atoms with Crippen LogP contribution in [0.2, 0.25) is 0 Å². The van der Waals surface area contributed by atoms with Gasteiger partial charge in [-0.15, -0.1) is 11.6 Å². The average molecular weight is 615 g/mol. The van der Waals surface area contributed by atoms with Gasteiger partial charge < -0.3 is 26.3 Å². The molecule has 41 heavy (non-hydrogen) atoms. The molecule has 0 aliphatic heterocycles. The number of anilines is 2. The summed E-state index contributed by atoms with van der Waals surface area (Å²) >= 11 is 11.3. The lowest BCUT2D eigenvalue weighted by molar-refractivity contribution is -0.118. The number of carbonyl (C=O) groups is 2. The van der Waals surface area contributed by atoms with Gasteiger partial charge in [-0.3, -0.25) is 9.59 Å². The number of pyridine rings is 2. The lowest BCUT2D eigenvalue weighted by Crippen LogP contribution is -2.23. The SMILES string of the molecule is CC(Cl)C(N)=O.[C-]#[N+]c1c(N(C)C)[nH]c(=S)c(C#N)c1C.[C-]#[N+]c1c(N(C)C)nc(SC(C)C(N)=O)c(C#N)c1C. The van der Waals surface area contributed by atoms with E-state index in [2.05, 4.69) is 31.5 Å². The molecular weight excluding hydrogens is 584 g/mol. The Morgan fingerprint density at radius 3 is 1.80 bits per heavy atom. The van der Waals surface area contributed by atoms with Crippen molar-refractivity contribution in [1.82, 2.24) is 9.97 Å². The number of aromatic amines is 1. The van der Waals surface area contributed by atoms with Gasteiger partial charge in [-0.25, -0.2) is 14.7 Å². The smallest absolute Gasteiger partial charge is 0.235 e. The molecule has 2 aromatic rings. The van der Waals surface area contributed by atoms with Crippen molar-refractivity contribution in [2.75, 3.05) is 38.0 Å². The monoisotopic (exact) mass is 614 g/mol. The summed E-state index contributed by atoms with van der Waals surface area (Å²) in [5.41, 5.74) is 12.6. The molecule has 2 rings (SSSR count). The average Bonchev–Trinajstić information content (AvgIpc) is 2.88. The third kappa shape index (κ3) is 9.97. The molecule has 2 amide bonds. The number of nitriles is 2. The minimum atomic E-state index is -0.537. The number of halogens is 1. The van der Waals surface area contributed by atoms with Crippen LogP contribution >= 0.6 is 35.6 Å². The van der Waals surface area contributed by atoms with Crippen molar-refractivity contribution in [1.29, 1.82) is 10.5 Å². The van der Waals surface area contributed by atoms with Gasteiger partial charge in [0.15, 0.2) is 0 Å². The molecule has 0 aliphatic carbocycles. The highest BCUT2D eigenvalue weighted by molar-refractivity contribution is 8.00. The molecule has 0 bridgehead atoms. The minimum Gasteiger partial charge on any atom is -0.373 e. The summed E-state index contributed by atoms with van der Waals surface area (Å²) in [6, 6.07) is 4.06. The van der Waals surface area contributed by atoms with E-state index in [1.165, 1.54) is 6.92 Å². The highest BCUT2D eigenvalue weighted by atomic mass is 35.5. The minimum absolute atomic E-state index is 0.319. The van der Waals surface area contributed by atoms with Gasteiger partial charge >= 0.3 is 0 Å². The third-order valence-electron chi connectivity index (χ3n) is 5.18. The number of alkyl halides is 1. The maximum Gasteiger partial charge on any atom is 0.235 e. The second-order valence-electron chi connectivity index (χ2n) is 8.66. The van der Waals surface area contributed by atoms with Crippen LogP contribution in [-0.2, 0) is 9.59 Å². The van der Waals surface area contributed by atoms with E-state index in [1.54, 1.807) is 44.7 Å². The first-order valence-electron chi connectivity index (χ1n) is 11.6. The van der Waals surface area contributed by atoms with Gasteiger partial charge in [-0.1, -0.05) is 24.0 Å². The second kappa shape index (κ2) is 16.7. The zero-order chi connectivity index (χ0) is 32.2. The van der Waals surface area contributed by atoms with Gasteiger partial charge in [-0.2, -0.15) is 10.5 Å². The first-order chi connectivity index (χ1) is 19.0. The van der Waals surface area contributed by atoms with Crippen LogP contribution in [0.1, 0.15) is 36.1 Å². The molecule has 5 N–H and O–H groups in total. The summed E-state index contributed by atoms with van der Waals surface area (Å²) in [4.78, 5) is 38.5. The molecule has 2 aromatic heterocycles. The molecule has 0 aromatic carbocycles. The van der Waals surface area contributed by atoms with Crippen molar-refractivity contribution >= 4 is 70.4 Å². The second-order valence-corrected chi connectivity index (χ2v) is 11.0. The van der Waals surface area contributed by atoms with Gasteiger partial charge in [0, 0.05) is 28.2 Å². The Balaban J connectivity index is 0.000000669. The Hall–Kier alpha value is -4.34. The van der Waals surface area contributed by atoms with Crippen LogP contribution < -0.4 is 21.3 Å². The number of hydrogen-bond donors (Lipinski definition) is 3. The molecule has 0 radical (unpaired) electrons. The Bertz CT molecular complexity index is 1520. The van der Waals surface area contributed by atoms with Gasteiger partial charge in [-0.05, 0) is 38.8 Å². The summed E-state index contributed by atoms with van der Waals surface area (Å²) < 4.78 is 0.381. The zero-order valence-electron chi connectivity index (χ0n) is 24.0. The van der Waals surface area contributed by atoms with E-state index >= 15 is 0 Å². The number of rotatable bonds is 6. The number of thioether (sulfide) groups is 1. The number of amides is 2. The topological polar surface area (TPSA) is 178 Å². The Kier molecular flexibility index (Phi) is 14.9. The highest BCUT2D eigenvalue weighted by Crippen LogP contribution is 2.37. The van der Waals surface area contributed by atoms with Crippen LogP contribution in [0.5, 0.6) is 0 Å². The lowest BCUT2D eigenvalue weighted by atomic mass is 10.1. The summed E-state index contributed by atoms with van der Waals surface area (Å²) in [5, 5.41) is 17.5. The number of H-pyrrole nitrogens is 1. The van der Waals surface area contributed by atoms with Gasteiger partial charge in [0.2, 0.25) is 23.2 Å². The first-order valence-corrected chi connectivity index (χ1v) is 13.3. The fraction of sp³-hybridized carbons (Fsp3) is 0.385. The normalized spacial score (nSPS) is 10.9. The van der Waals surface area contributed by atoms with Crippen molar-refractivity contribution in [3.8, 4) is 12.1 Å². The van der Waals surface area contributed by atoms with Crippen LogP contribution in [0.4, 0.5) is 23.0 Å². The fourth-order valence-corrected chi connectivity index (χ4v) is 4.03. The summed E-state index contributed by atoms with van der Waals surface area (Å²) in [6.07, 6.45) is 0. The van der Waals surface area contributed by atoms with Crippen molar-refractivity contribution in [2.45, 2.75) is 43.3 Å². The Morgan fingerprint density at radius 1 is 1.00 bits per heavy atom. The maximum absolute atomic E-state index is 11.2. The quantitative estimate of drug-likeness (QED) is 0.183. The number of nitrogens with one attached hydrogen (secondary N) is 1. The molecule has 0 saturated carbocycles. The molecule has 216 valence electrons. The van der Waals surface area contributed by atoms with Crippen LogP contribution in [0, 0.1) is 54.3 Å². The number of primary amides is 2. The van der Waals surface area contributed by atoms with E-state index in [0.717, 1.165) is 11.8 Å². The molecule has 15 heteroatoms. The van der Waals surface area contributed by atoms with Crippen molar-refractivity contribution < 1.29 is 9.59 Å². The maximum atomic E-state index is 11.2. The number of nitrogens with zero attached hydrogens (tertiary/aromatic N) is 7. The molecule has 0 spiro atoms. The number of carbonyl (C=O) groups excluding carboxylic acids is 2. The van der Waals surface area contributed by atoms with E-state index in [9.17, 15) is 14.9 Å². The van der Waals surface area contributed by atoms with E-state index in [1.807, 2.05) is 20.2 Å². The van der Waals surface area contributed by atoms with Crippen LogP contribution in [0.15, 0.2) is 5.03 Å². The molecule has 2 atom stereocenters. The van der Waals surface area contributed by atoms with Crippen molar-refractivity contribution in [3.05, 3.63) is 49.7 Å². The molecule has 12 nitrogen and oxygen atoms in total. The molecule has 0 aliphatic rings. The van der Waals surface area contributed by atoms with E-state index in [0.29, 0.717) is 54.9 Å². The first kappa shape index (κ1) is 36.7. The standard InChI is InChI=1S/C13H15N5OS.C10H10N4S.C3H6ClNO/c1-7-9(6-14)13(20-8(2)11(15)19)17-12(18(4)5)10(7)16-3;1-6-7(5-11)10(15)13-9(14(3)4)8(6)12-2;1-2(4)3(5)6/h8H,1-2,4-5H3,(H2,15,19);1,3-4H3,(H,13,15);2H,1H3,(H2,5,6). The van der Waals surface area contributed by atoms with E-state index < -0.39 is 22.4 Å². The van der Waals surface area contributed by atoms with Gasteiger partial charge in [0.1, 0.15) is 38.8 Å². The van der Waals surface area contributed by atoms with Crippen LogP contribution in [0.25, 0.3) is 9.69 Å². The number of hydrogen-bond acceptors (Lipinski definition) is 9. The zero-order valence-corrected chi connectivity index (χ0v) is 26.3. The Labute approximate surface area is 254 Å². The molecule has 2 heterocycles. The number of aromatic nitrogens is 2. The predicted molar refractivity (Wildman–Crippen MR) is 165 cm³/mol. The van der Waals surface area contributed by atoms with Crippen molar-refractivity contribution in [3.63, 3.8) is 0 Å². The fourth-order valence-electron chi connectivity index (χ4n) is 2.83. The molecule has 2 unspecified atom stereocenters. The third-order valence-corrected chi connectivity index (χ3v) is 6.80. The summed E-state index contributed by atoms with van der Waals surface area (Å²) in [7, 11) is 7.18. The van der Waals surface area contributed by atoms with Crippen LogP contribution in [0.3, 0.4) is 0 Å². The van der Waals surface area contributed by atoms with Crippen molar-refractivity contribution in [2.24, 2.45) is 11.5 Å². The van der Waals surface area contributed by atoms with Gasteiger partial charge in [0.05, 0.1) is 29.5 Å². The Morgan fingerprint density at radius 2 is 1.46 bits per heavy atom. The molecular formula is C26H31ClN10O2S2. The molecule has 0 saturated heterocycles. The summed E-state index contributed by atoms with van der Waals surface area (Å²) in [5.74, 6) is 0.179.